The summed E-state index contributed by atoms with van der Waals surface area (Å²) in [6, 6.07) is 19.0. The van der Waals surface area contributed by atoms with Gasteiger partial charge in [-0.3, -0.25) is 0 Å². The van der Waals surface area contributed by atoms with E-state index in [0.29, 0.717) is 0 Å². The quantitative estimate of drug-likeness (QED) is 0.625. The van der Waals surface area contributed by atoms with Crippen LogP contribution >= 0.6 is 0 Å². The predicted molar refractivity (Wildman–Crippen MR) is 84.9 cm³/mol. The van der Waals surface area contributed by atoms with Gasteiger partial charge in [-0.05, 0) is 35.3 Å². The molecule has 0 saturated heterocycles. The highest BCUT2D eigenvalue weighted by molar-refractivity contribution is 5.78. The molecule has 0 spiro atoms. The fraction of sp³-hybridized carbons (Fsp3) is 0.0526. The minimum atomic E-state index is 1.18. The smallest absolute Gasteiger partial charge is 0.0178 e. The van der Waals surface area contributed by atoms with Crippen molar-refractivity contribution in [3.8, 4) is 11.1 Å². The van der Waals surface area contributed by atoms with Crippen LogP contribution in [0.15, 0.2) is 85.5 Å². The van der Waals surface area contributed by atoms with Gasteiger partial charge >= 0.3 is 0 Å². The van der Waals surface area contributed by atoms with Gasteiger partial charge < -0.3 is 0 Å². The topological polar surface area (TPSA) is 0 Å². The lowest BCUT2D eigenvalue weighted by molar-refractivity contribution is 1.57. The van der Waals surface area contributed by atoms with Crippen molar-refractivity contribution in [3.63, 3.8) is 0 Å². The molecule has 0 heteroatoms. The normalized spacial score (nSPS) is 11.7. The Balaban J connectivity index is 2.44. The van der Waals surface area contributed by atoms with E-state index >= 15 is 0 Å². The third kappa shape index (κ3) is 3.32. The average Bonchev–Trinajstić information content (AvgIpc) is 2.48. The Labute approximate surface area is 115 Å². The van der Waals surface area contributed by atoms with E-state index in [2.05, 4.69) is 61.2 Å². The molecular formula is C19H18. The Bertz CT molecular complexity index is 601. The molecular weight excluding hydrogens is 228 g/mol. The standard InChI is InChI=1S/C19H18/c1-3-9-16(10-4-2)18-13-8-14-19(15-18)17-11-6-5-7-12-17/h3-15H,1H2,2H3. The fourth-order valence-electron chi connectivity index (χ4n) is 2.06. The summed E-state index contributed by atoms with van der Waals surface area (Å²) in [5.74, 6) is 0. The molecule has 0 N–H and O–H groups in total. The van der Waals surface area contributed by atoms with E-state index in [9.17, 15) is 0 Å². The van der Waals surface area contributed by atoms with E-state index in [1.165, 1.54) is 22.3 Å². The molecule has 0 atom stereocenters. The lowest BCUT2D eigenvalue weighted by Gasteiger charge is -2.06. The summed E-state index contributed by atoms with van der Waals surface area (Å²) in [4.78, 5) is 0. The van der Waals surface area contributed by atoms with Crippen molar-refractivity contribution in [2.45, 2.75) is 6.92 Å². The lowest BCUT2D eigenvalue weighted by atomic mass is 9.98. The van der Waals surface area contributed by atoms with Crippen LogP contribution in [0.25, 0.3) is 16.7 Å². The number of benzene rings is 2. The van der Waals surface area contributed by atoms with Crippen molar-refractivity contribution in [1.29, 1.82) is 0 Å². The zero-order valence-electron chi connectivity index (χ0n) is 11.2. The third-order valence-electron chi connectivity index (χ3n) is 2.95. The highest BCUT2D eigenvalue weighted by atomic mass is 14.1. The maximum Gasteiger partial charge on any atom is -0.0178 e. The number of hydrogen-bond acceptors (Lipinski definition) is 0. The van der Waals surface area contributed by atoms with Crippen molar-refractivity contribution in [2.24, 2.45) is 0 Å². The third-order valence-corrected chi connectivity index (χ3v) is 2.95. The van der Waals surface area contributed by atoms with Crippen molar-refractivity contribution in [3.05, 3.63) is 91.0 Å². The molecule has 0 aliphatic rings. The van der Waals surface area contributed by atoms with Gasteiger partial charge in [-0.2, -0.15) is 0 Å². The highest BCUT2D eigenvalue weighted by Gasteiger charge is 2.01. The Morgan fingerprint density at radius 3 is 2.37 bits per heavy atom. The molecule has 0 radical (unpaired) electrons. The summed E-state index contributed by atoms with van der Waals surface area (Å²) in [6.07, 6.45) is 8.00. The van der Waals surface area contributed by atoms with E-state index in [1.807, 2.05) is 31.2 Å². The maximum atomic E-state index is 3.78. The van der Waals surface area contributed by atoms with Gasteiger partial charge in [0.15, 0.2) is 0 Å². The number of rotatable bonds is 4. The van der Waals surface area contributed by atoms with Crippen LogP contribution in [-0.2, 0) is 0 Å². The number of allylic oxidation sites excluding steroid dienone is 5. The van der Waals surface area contributed by atoms with Crippen LogP contribution < -0.4 is 0 Å². The van der Waals surface area contributed by atoms with E-state index in [-0.39, 0.29) is 0 Å². The van der Waals surface area contributed by atoms with Gasteiger partial charge in [0, 0.05) is 0 Å². The monoisotopic (exact) mass is 246 g/mol. The predicted octanol–water partition coefficient (Wildman–Crippen LogP) is 5.50. The summed E-state index contributed by atoms with van der Waals surface area (Å²) < 4.78 is 0. The Hall–Kier alpha value is -2.34. The van der Waals surface area contributed by atoms with Gasteiger partial charge in [-0.25, -0.2) is 0 Å². The molecule has 0 heterocycles. The van der Waals surface area contributed by atoms with E-state index in [4.69, 9.17) is 0 Å². The molecule has 0 saturated carbocycles. The van der Waals surface area contributed by atoms with Gasteiger partial charge in [-0.1, -0.05) is 79.4 Å². The van der Waals surface area contributed by atoms with Gasteiger partial charge in [-0.15, -0.1) is 0 Å². The van der Waals surface area contributed by atoms with Crippen molar-refractivity contribution >= 4 is 5.57 Å². The van der Waals surface area contributed by atoms with Gasteiger partial charge in [0.1, 0.15) is 0 Å². The molecule has 0 aliphatic carbocycles. The molecule has 0 aliphatic heterocycles. The molecule has 0 bridgehead atoms. The van der Waals surface area contributed by atoms with Crippen LogP contribution in [-0.4, -0.2) is 0 Å². The van der Waals surface area contributed by atoms with Crippen molar-refractivity contribution in [1.82, 2.24) is 0 Å². The first-order chi connectivity index (χ1) is 9.35. The Morgan fingerprint density at radius 2 is 1.68 bits per heavy atom. The molecule has 19 heavy (non-hydrogen) atoms. The Kier molecular flexibility index (Phi) is 4.52. The maximum absolute atomic E-state index is 3.78. The van der Waals surface area contributed by atoms with Gasteiger partial charge in [0.05, 0.1) is 0 Å². The first kappa shape index (κ1) is 13.1. The SMILES string of the molecule is C=CC=C(C=CC)c1cccc(-c2ccccc2)c1. The molecule has 0 fully saturated rings. The minimum absolute atomic E-state index is 1.18. The second-order valence-electron chi connectivity index (χ2n) is 4.30. The number of hydrogen-bond donors (Lipinski definition) is 0. The summed E-state index contributed by atoms with van der Waals surface area (Å²) in [6.45, 7) is 5.80. The van der Waals surface area contributed by atoms with Crippen molar-refractivity contribution < 1.29 is 0 Å². The van der Waals surface area contributed by atoms with Crippen LogP contribution in [0.3, 0.4) is 0 Å². The highest BCUT2D eigenvalue weighted by Crippen LogP contribution is 2.24. The van der Waals surface area contributed by atoms with Crippen molar-refractivity contribution in [2.75, 3.05) is 0 Å². The molecule has 0 unspecified atom stereocenters. The summed E-state index contributed by atoms with van der Waals surface area (Å²) in [5.41, 5.74) is 4.86. The first-order valence-electron chi connectivity index (χ1n) is 6.46. The second kappa shape index (κ2) is 6.55. The van der Waals surface area contributed by atoms with Gasteiger partial charge in [0.2, 0.25) is 0 Å². The summed E-state index contributed by atoms with van der Waals surface area (Å²) >= 11 is 0. The molecule has 0 aromatic heterocycles. The van der Waals surface area contributed by atoms with Gasteiger partial charge in [0.25, 0.3) is 0 Å². The van der Waals surface area contributed by atoms with E-state index in [1.54, 1.807) is 0 Å². The largest absolute Gasteiger partial charge is 0.0990 e. The van der Waals surface area contributed by atoms with Crippen LogP contribution in [0.4, 0.5) is 0 Å². The zero-order valence-corrected chi connectivity index (χ0v) is 11.2. The Morgan fingerprint density at radius 1 is 0.947 bits per heavy atom. The average molecular weight is 246 g/mol. The molecule has 94 valence electrons. The molecule has 0 amide bonds. The van der Waals surface area contributed by atoms with Crippen LogP contribution in [0.5, 0.6) is 0 Å². The fourth-order valence-corrected chi connectivity index (χ4v) is 2.06. The van der Waals surface area contributed by atoms with E-state index in [0.717, 1.165) is 0 Å². The first-order valence-corrected chi connectivity index (χ1v) is 6.46. The molecule has 2 aromatic carbocycles. The molecule has 2 rings (SSSR count). The van der Waals surface area contributed by atoms with Crippen LogP contribution in [0.2, 0.25) is 0 Å². The van der Waals surface area contributed by atoms with Crippen LogP contribution in [0.1, 0.15) is 12.5 Å². The molecule has 0 nitrogen and oxygen atoms in total. The second-order valence-corrected chi connectivity index (χ2v) is 4.30. The summed E-state index contributed by atoms with van der Waals surface area (Å²) in [7, 11) is 0. The molecule has 2 aromatic rings. The zero-order chi connectivity index (χ0) is 13.5. The van der Waals surface area contributed by atoms with Crippen LogP contribution in [0, 0.1) is 0 Å². The lowest BCUT2D eigenvalue weighted by Crippen LogP contribution is -1.83. The van der Waals surface area contributed by atoms with E-state index < -0.39 is 0 Å². The minimum Gasteiger partial charge on any atom is -0.0990 e. The summed E-state index contributed by atoms with van der Waals surface area (Å²) in [5, 5.41) is 0.